The third kappa shape index (κ3) is 5.86. The van der Waals surface area contributed by atoms with Crippen molar-refractivity contribution in [2.75, 3.05) is 0 Å². The van der Waals surface area contributed by atoms with E-state index in [1.54, 1.807) is 6.20 Å². The maximum Gasteiger partial charge on any atom is 0.160 e. The zero-order valence-electron chi connectivity index (χ0n) is 30.1. The lowest BCUT2D eigenvalue weighted by Gasteiger charge is -2.14. The Balaban J connectivity index is 1.12. The quantitative estimate of drug-likeness (QED) is 0.170. The van der Waals surface area contributed by atoms with Crippen LogP contribution in [-0.4, -0.2) is 15.0 Å². The van der Waals surface area contributed by atoms with Crippen molar-refractivity contribution >= 4 is 63.0 Å². The molecule has 0 spiro atoms. The Morgan fingerprint density at radius 3 is 1.45 bits per heavy atom. The van der Waals surface area contributed by atoms with Crippen LogP contribution in [0.2, 0.25) is 0 Å². The van der Waals surface area contributed by atoms with Crippen LogP contribution < -0.4 is 0 Å². The molecule has 0 aliphatic heterocycles. The molecule has 262 valence electrons. The molecule has 0 radical (unpaired) electrons. The molecule has 0 amide bonds. The molecule has 0 aliphatic carbocycles. The van der Waals surface area contributed by atoms with Crippen molar-refractivity contribution < 1.29 is 0 Å². The second kappa shape index (κ2) is 13.5. The first-order valence-corrected chi connectivity index (χ1v) is 20.3. The first kappa shape index (κ1) is 32.6. The molecule has 4 aromatic heterocycles. The molecule has 3 nitrogen and oxygen atoms in total. The van der Waals surface area contributed by atoms with Crippen LogP contribution in [0.4, 0.5) is 0 Å². The van der Waals surface area contributed by atoms with Gasteiger partial charge in [0.05, 0.1) is 11.4 Å². The molecule has 0 N–H and O–H groups in total. The Morgan fingerprint density at radius 1 is 0.304 bits per heavy atom. The molecular weight excluding hydrogens is 719 g/mol. The minimum atomic E-state index is 0.678. The number of benzene rings is 7. The molecule has 11 aromatic rings. The van der Waals surface area contributed by atoms with Crippen molar-refractivity contribution in [2.45, 2.75) is 0 Å². The fourth-order valence-electron chi connectivity index (χ4n) is 7.77. The van der Waals surface area contributed by atoms with E-state index in [0.717, 1.165) is 50.3 Å². The summed E-state index contributed by atoms with van der Waals surface area (Å²) in [5.41, 5.74) is 11.6. The maximum absolute atomic E-state index is 5.34. The summed E-state index contributed by atoms with van der Waals surface area (Å²) in [4.78, 5) is 14.9. The monoisotopic (exact) mass is 749 g/mol. The molecule has 0 saturated carbocycles. The van der Waals surface area contributed by atoms with Crippen LogP contribution in [0.25, 0.3) is 108 Å². The summed E-state index contributed by atoms with van der Waals surface area (Å²) >= 11 is 3.70. The van der Waals surface area contributed by atoms with Crippen LogP contribution in [-0.2, 0) is 0 Å². The van der Waals surface area contributed by atoms with E-state index in [-0.39, 0.29) is 0 Å². The first-order chi connectivity index (χ1) is 27.7. The summed E-state index contributed by atoms with van der Waals surface area (Å²) in [6.07, 6.45) is 3.70. The smallest absolute Gasteiger partial charge is 0.160 e. The van der Waals surface area contributed by atoms with Gasteiger partial charge < -0.3 is 0 Å². The minimum Gasteiger partial charge on any atom is -0.264 e. The molecule has 5 heteroatoms. The van der Waals surface area contributed by atoms with E-state index in [9.17, 15) is 0 Å². The van der Waals surface area contributed by atoms with Gasteiger partial charge in [-0.25, -0.2) is 9.97 Å². The van der Waals surface area contributed by atoms with Gasteiger partial charge in [0.2, 0.25) is 0 Å². The molecule has 4 heterocycles. The predicted octanol–water partition coefficient (Wildman–Crippen LogP) is 14.6. The van der Waals surface area contributed by atoms with E-state index < -0.39 is 0 Å². The summed E-state index contributed by atoms with van der Waals surface area (Å²) in [6.45, 7) is 0. The number of aromatic nitrogens is 3. The van der Waals surface area contributed by atoms with E-state index in [2.05, 4.69) is 169 Å². The number of hydrogen-bond acceptors (Lipinski definition) is 5. The summed E-state index contributed by atoms with van der Waals surface area (Å²) in [7, 11) is 0. The molecular formula is C51H31N3S2. The van der Waals surface area contributed by atoms with Gasteiger partial charge in [-0.15, -0.1) is 22.7 Å². The standard InChI is InChI=1S/C51H31N3S2/c1-2-10-32(11-3-1)45-30-46(54-51(53-45)36-13-8-12-33(24-36)37-14-9-23-52-31-37)40-26-38(34-19-21-43-41-15-4-6-17-47(41)55-49(43)28-34)25-39(27-40)35-20-22-44-42-16-5-7-18-48(42)56-50(44)29-35/h1-31H. The van der Waals surface area contributed by atoms with E-state index >= 15 is 0 Å². The average Bonchev–Trinajstić information content (AvgIpc) is 3.84. The lowest BCUT2D eigenvalue weighted by molar-refractivity contribution is 1.18. The van der Waals surface area contributed by atoms with Crippen molar-refractivity contribution in [3.63, 3.8) is 0 Å². The van der Waals surface area contributed by atoms with Crippen molar-refractivity contribution in [2.24, 2.45) is 0 Å². The molecule has 0 aliphatic rings. The predicted molar refractivity (Wildman–Crippen MR) is 238 cm³/mol. The van der Waals surface area contributed by atoms with Crippen LogP contribution in [0.5, 0.6) is 0 Å². The maximum atomic E-state index is 5.34. The lowest BCUT2D eigenvalue weighted by Crippen LogP contribution is -1.97. The fraction of sp³-hybridized carbons (Fsp3) is 0. The van der Waals surface area contributed by atoms with Gasteiger partial charge in [-0.05, 0) is 88.5 Å². The minimum absolute atomic E-state index is 0.678. The van der Waals surface area contributed by atoms with Gasteiger partial charge in [0.15, 0.2) is 5.82 Å². The molecule has 56 heavy (non-hydrogen) atoms. The number of rotatable bonds is 6. The molecule has 0 bridgehead atoms. The van der Waals surface area contributed by atoms with Gasteiger partial charge in [0.1, 0.15) is 0 Å². The Kier molecular flexibility index (Phi) is 7.87. The second-order valence-corrected chi connectivity index (χ2v) is 16.2. The van der Waals surface area contributed by atoms with Gasteiger partial charge in [-0.3, -0.25) is 4.98 Å². The average molecular weight is 750 g/mol. The number of thiophene rings is 2. The highest BCUT2D eigenvalue weighted by Gasteiger charge is 2.16. The zero-order valence-corrected chi connectivity index (χ0v) is 31.7. The first-order valence-electron chi connectivity index (χ1n) is 18.6. The van der Waals surface area contributed by atoms with Crippen LogP contribution >= 0.6 is 22.7 Å². The number of pyridine rings is 1. The SMILES string of the molecule is c1ccc(-c2cc(-c3cc(-c4ccc5c(c4)sc4ccccc45)cc(-c4ccc5c(c4)sc4ccccc45)c3)nc(-c3cccc(-c4cccnc4)c3)n2)cc1. The van der Waals surface area contributed by atoms with Crippen LogP contribution in [0.1, 0.15) is 0 Å². The fourth-order valence-corrected chi connectivity index (χ4v) is 10.1. The number of fused-ring (bicyclic) bond motifs is 6. The van der Waals surface area contributed by atoms with Gasteiger partial charge >= 0.3 is 0 Å². The van der Waals surface area contributed by atoms with Crippen LogP contribution in [0.3, 0.4) is 0 Å². The summed E-state index contributed by atoms with van der Waals surface area (Å²) in [5, 5.41) is 5.20. The van der Waals surface area contributed by atoms with E-state index in [0.29, 0.717) is 5.82 Å². The normalized spacial score (nSPS) is 11.6. The highest BCUT2D eigenvalue weighted by atomic mass is 32.1. The Bertz CT molecular complexity index is 3120. The number of hydrogen-bond donors (Lipinski definition) is 0. The van der Waals surface area contributed by atoms with Crippen molar-refractivity contribution in [3.8, 4) is 67.3 Å². The topological polar surface area (TPSA) is 38.7 Å². The highest BCUT2D eigenvalue weighted by Crippen LogP contribution is 2.41. The molecule has 0 unspecified atom stereocenters. The Hall–Kier alpha value is -6.79. The number of nitrogens with zero attached hydrogens (tertiary/aromatic N) is 3. The molecule has 0 fully saturated rings. The molecule has 7 aromatic carbocycles. The third-order valence-corrected chi connectivity index (χ3v) is 12.8. The highest BCUT2D eigenvalue weighted by molar-refractivity contribution is 7.26. The molecule has 0 saturated heterocycles. The van der Waals surface area contributed by atoms with E-state index in [4.69, 9.17) is 9.97 Å². The van der Waals surface area contributed by atoms with Crippen LogP contribution in [0.15, 0.2) is 188 Å². The molecule has 11 rings (SSSR count). The molecule has 0 atom stereocenters. The van der Waals surface area contributed by atoms with Crippen molar-refractivity contribution in [3.05, 3.63) is 188 Å². The van der Waals surface area contributed by atoms with Gasteiger partial charge in [0.25, 0.3) is 0 Å². The van der Waals surface area contributed by atoms with Crippen molar-refractivity contribution in [1.29, 1.82) is 0 Å². The zero-order chi connectivity index (χ0) is 37.0. The van der Waals surface area contributed by atoms with Crippen LogP contribution in [0, 0.1) is 0 Å². The second-order valence-electron chi connectivity index (χ2n) is 14.1. The van der Waals surface area contributed by atoms with Gasteiger partial charge in [-0.2, -0.15) is 0 Å². The largest absolute Gasteiger partial charge is 0.264 e. The van der Waals surface area contributed by atoms with Crippen molar-refractivity contribution in [1.82, 2.24) is 15.0 Å². The Morgan fingerprint density at radius 2 is 0.804 bits per heavy atom. The Labute approximate surface area is 331 Å². The summed E-state index contributed by atoms with van der Waals surface area (Å²) in [5.74, 6) is 0.678. The summed E-state index contributed by atoms with van der Waals surface area (Å²) < 4.78 is 5.18. The summed E-state index contributed by atoms with van der Waals surface area (Å²) in [6, 6.07) is 63.1. The van der Waals surface area contributed by atoms with E-state index in [1.165, 1.54) is 51.5 Å². The van der Waals surface area contributed by atoms with Gasteiger partial charge in [-0.1, -0.05) is 115 Å². The van der Waals surface area contributed by atoms with Gasteiger partial charge in [0, 0.05) is 75.0 Å². The van der Waals surface area contributed by atoms with E-state index in [1.807, 2.05) is 41.0 Å². The third-order valence-electron chi connectivity index (χ3n) is 10.6. The lowest BCUT2D eigenvalue weighted by atomic mass is 9.93.